The minimum absolute atomic E-state index is 0.596. The van der Waals surface area contributed by atoms with Crippen LogP contribution in [0.3, 0.4) is 0 Å². The summed E-state index contributed by atoms with van der Waals surface area (Å²) in [4.78, 5) is 0. The average molecular weight is 269 g/mol. The molecule has 0 N–H and O–H groups in total. The zero-order valence-corrected chi connectivity index (χ0v) is 11.4. The van der Waals surface area contributed by atoms with Gasteiger partial charge >= 0.3 is 0 Å². The summed E-state index contributed by atoms with van der Waals surface area (Å²) in [5.41, 5.74) is 4.42. The Balaban J connectivity index is 2.11. The van der Waals surface area contributed by atoms with Gasteiger partial charge in [-0.25, -0.2) is 0 Å². The average Bonchev–Trinajstić information content (AvgIpc) is 2.74. The molecule has 94 valence electrons. The zero-order valence-electron chi connectivity index (χ0n) is 10.6. The van der Waals surface area contributed by atoms with Crippen molar-refractivity contribution in [2.24, 2.45) is 5.92 Å². The maximum absolute atomic E-state index is 6.32. The van der Waals surface area contributed by atoms with Crippen molar-refractivity contribution in [1.29, 1.82) is 0 Å². The van der Waals surface area contributed by atoms with Gasteiger partial charge in [-0.1, -0.05) is 36.7 Å². The summed E-state index contributed by atoms with van der Waals surface area (Å²) >= 11 is 6.32. The van der Waals surface area contributed by atoms with Gasteiger partial charge in [-0.15, -0.1) is 0 Å². The van der Waals surface area contributed by atoms with Crippen molar-refractivity contribution in [3.63, 3.8) is 0 Å². The molecule has 1 nitrogen and oxygen atoms in total. The third-order valence-corrected chi connectivity index (χ3v) is 4.17. The maximum Gasteiger partial charge on any atom is 0.136 e. The second kappa shape index (κ2) is 3.88. The highest BCUT2D eigenvalue weighted by Crippen LogP contribution is 2.37. The lowest BCUT2D eigenvalue weighted by atomic mass is 9.90. The SMILES string of the molecule is CC1C=Cc2cc3oc4cccc(Cl)c4c3cc2C1. The van der Waals surface area contributed by atoms with E-state index < -0.39 is 0 Å². The summed E-state index contributed by atoms with van der Waals surface area (Å²) < 4.78 is 5.91. The van der Waals surface area contributed by atoms with Crippen LogP contribution < -0.4 is 0 Å². The molecule has 1 aliphatic rings. The van der Waals surface area contributed by atoms with Gasteiger partial charge < -0.3 is 4.42 Å². The minimum atomic E-state index is 0.596. The largest absolute Gasteiger partial charge is 0.456 e. The molecule has 1 heterocycles. The van der Waals surface area contributed by atoms with Crippen molar-refractivity contribution in [2.45, 2.75) is 13.3 Å². The first-order chi connectivity index (χ1) is 9.22. The van der Waals surface area contributed by atoms with E-state index in [9.17, 15) is 0 Å². The smallest absolute Gasteiger partial charge is 0.136 e. The van der Waals surface area contributed by atoms with Crippen LogP contribution in [0.15, 0.2) is 40.8 Å². The normalized spacial score (nSPS) is 18.1. The third-order valence-electron chi connectivity index (χ3n) is 3.85. The van der Waals surface area contributed by atoms with Gasteiger partial charge in [-0.3, -0.25) is 0 Å². The molecule has 0 aliphatic heterocycles. The molecular weight excluding hydrogens is 256 g/mol. The summed E-state index contributed by atoms with van der Waals surface area (Å²) in [6.45, 7) is 2.24. The topological polar surface area (TPSA) is 13.1 Å². The molecule has 2 heteroatoms. The molecule has 0 radical (unpaired) electrons. The summed E-state index contributed by atoms with van der Waals surface area (Å²) in [5.74, 6) is 0.596. The number of hydrogen-bond donors (Lipinski definition) is 0. The van der Waals surface area contributed by atoms with E-state index in [0.717, 1.165) is 33.4 Å². The maximum atomic E-state index is 6.32. The fourth-order valence-electron chi connectivity index (χ4n) is 2.90. The Morgan fingerprint density at radius 2 is 2.11 bits per heavy atom. The lowest BCUT2D eigenvalue weighted by Crippen LogP contribution is -2.02. The summed E-state index contributed by atoms with van der Waals surface area (Å²) in [6.07, 6.45) is 5.53. The van der Waals surface area contributed by atoms with Crippen LogP contribution in [0.5, 0.6) is 0 Å². The second-order valence-corrected chi connectivity index (χ2v) is 5.71. The van der Waals surface area contributed by atoms with Gasteiger partial charge in [0, 0.05) is 10.8 Å². The molecule has 0 fully saturated rings. The number of benzene rings is 2. The predicted molar refractivity (Wildman–Crippen MR) is 80.6 cm³/mol. The Kier molecular flexibility index (Phi) is 2.27. The Hall–Kier alpha value is -1.73. The molecule has 0 saturated carbocycles. The molecule has 3 aromatic rings. The van der Waals surface area contributed by atoms with Crippen LogP contribution in [-0.4, -0.2) is 0 Å². The van der Waals surface area contributed by atoms with Crippen LogP contribution in [0.2, 0.25) is 5.02 Å². The Morgan fingerprint density at radius 3 is 3.00 bits per heavy atom. The van der Waals surface area contributed by atoms with Crippen LogP contribution in [0.25, 0.3) is 28.0 Å². The molecule has 19 heavy (non-hydrogen) atoms. The first kappa shape index (κ1) is 11.1. The molecule has 1 aliphatic carbocycles. The van der Waals surface area contributed by atoms with Gasteiger partial charge in [-0.05, 0) is 47.7 Å². The van der Waals surface area contributed by atoms with Gasteiger partial charge in [0.2, 0.25) is 0 Å². The monoisotopic (exact) mass is 268 g/mol. The summed E-state index contributed by atoms with van der Waals surface area (Å²) in [6, 6.07) is 10.2. The van der Waals surface area contributed by atoms with E-state index in [4.69, 9.17) is 16.0 Å². The standard InChI is InChI=1S/C17H13ClO/c1-10-5-6-11-9-16-13(8-12(11)7-10)17-14(18)3-2-4-15(17)19-16/h2-6,8-10H,7H2,1H3. The van der Waals surface area contributed by atoms with E-state index in [1.54, 1.807) is 0 Å². The summed E-state index contributed by atoms with van der Waals surface area (Å²) in [7, 11) is 0. The van der Waals surface area contributed by atoms with E-state index in [2.05, 4.69) is 31.2 Å². The third kappa shape index (κ3) is 1.62. The lowest BCUT2D eigenvalue weighted by molar-refractivity contribution is 0.667. The number of fused-ring (bicyclic) bond motifs is 4. The first-order valence-corrected chi connectivity index (χ1v) is 6.92. The molecule has 1 aromatic heterocycles. The number of halogens is 1. The van der Waals surface area contributed by atoms with E-state index in [1.807, 2.05) is 18.2 Å². The van der Waals surface area contributed by atoms with Crippen LogP contribution in [0.4, 0.5) is 0 Å². The van der Waals surface area contributed by atoms with Gasteiger partial charge in [-0.2, -0.15) is 0 Å². The van der Waals surface area contributed by atoms with E-state index in [1.165, 1.54) is 11.1 Å². The molecule has 0 bridgehead atoms. The number of furan rings is 1. The highest BCUT2D eigenvalue weighted by atomic mass is 35.5. The van der Waals surface area contributed by atoms with Crippen molar-refractivity contribution >= 4 is 39.6 Å². The van der Waals surface area contributed by atoms with Gasteiger partial charge in [0.05, 0.1) is 5.02 Å². The molecular formula is C17H13ClO. The van der Waals surface area contributed by atoms with Crippen molar-refractivity contribution < 1.29 is 4.42 Å². The highest BCUT2D eigenvalue weighted by molar-refractivity contribution is 6.37. The molecule has 1 unspecified atom stereocenters. The molecule has 4 rings (SSSR count). The molecule has 0 spiro atoms. The number of hydrogen-bond acceptors (Lipinski definition) is 1. The zero-order chi connectivity index (χ0) is 13.0. The van der Waals surface area contributed by atoms with E-state index in [0.29, 0.717) is 5.92 Å². The van der Waals surface area contributed by atoms with Crippen LogP contribution in [0.1, 0.15) is 18.1 Å². The highest BCUT2D eigenvalue weighted by Gasteiger charge is 2.15. The second-order valence-electron chi connectivity index (χ2n) is 5.30. The van der Waals surface area contributed by atoms with Gasteiger partial charge in [0.1, 0.15) is 11.2 Å². The minimum Gasteiger partial charge on any atom is -0.456 e. The fourth-order valence-corrected chi connectivity index (χ4v) is 3.17. The van der Waals surface area contributed by atoms with Crippen molar-refractivity contribution in [3.8, 4) is 0 Å². The summed E-state index contributed by atoms with van der Waals surface area (Å²) in [5, 5.41) is 2.92. The van der Waals surface area contributed by atoms with E-state index >= 15 is 0 Å². The Bertz CT molecular complexity index is 826. The van der Waals surface area contributed by atoms with Crippen molar-refractivity contribution in [2.75, 3.05) is 0 Å². The Labute approximate surface area is 116 Å². The quantitative estimate of drug-likeness (QED) is 0.529. The van der Waals surface area contributed by atoms with Crippen LogP contribution in [-0.2, 0) is 6.42 Å². The van der Waals surface area contributed by atoms with E-state index in [-0.39, 0.29) is 0 Å². The molecule has 1 atom stereocenters. The van der Waals surface area contributed by atoms with Gasteiger partial charge in [0.15, 0.2) is 0 Å². The Morgan fingerprint density at radius 1 is 1.21 bits per heavy atom. The van der Waals surface area contributed by atoms with Crippen LogP contribution >= 0.6 is 11.6 Å². The first-order valence-electron chi connectivity index (χ1n) is 6.54. The fraction of sp³-hybridized carbons (Fsp3) is 0.176. The van der Waals surface area contributed by atoms with Crippen molar-refractivity contribution in [1.82, 2.24) is 0 Å². The van der Waals surface area contributed by atoms with Gasteiger partial charge in [0.25, 0.3) is 0 Å². The predicted octanol–water partition coefficient (Wildman–Crippen LogP) is 5.44. The number of rotatable bonds is 0. The van der Waals surface area contributed by atoms with Crippen molar-refractivity contribution in [3.05, 3.63) is 52.6 Å². The molecule has 0 saturated heterocycles. The number of allylic oxidation sites excluding steroid dienone is 1. The molecule has 0 amide bonds. The molecule has 2 aromatic carbocycles. The van der Waals surface area contributed by atoms with Crippen LogP contribution in [0, 0.1) is 5.92 Å². The lowest BCUT2D eigenvalue weighted by Gasteiger charge is -2.15.